The van der Waals surface area contributed by atoms with Crippen molar-refractivity contribution in [2.75, 3.05) is 10.6 Å². The summed E-state index contributed by atoms with van der Waals surface area (Å²) in [6.07, 6.45) is 1.63. The van der Waals surface area contributed by atoms with Crippen LogP contribution >= 0.6 is 35.0 Å². The van der Waals surface area contributed by atoms with Gasteiger partial charge in [-0.3, -0.25) is 14.4 Å². The number of carbonyl (C=O) groups is 3. The number of carbonyl (C=O) groups excluding carboxylic acids is 3. The highest BCUT2D eigenvalue weighted by Gasteiger charge is 2.17. The Bertz CT molecular complexity index is 1570. The predicted octanol–water partition coefficient (Wildman–Crippen LogP) is 7.83. The van der Waals surface area contributed by atoms with E-state index in [-0.39, 0.29) is 11.6 Å². The molecule has 0 radical (unpaired) electrons. The minimum Gasteiger partial charge on any atom is -0.324 e. The first kappa shape index (κ1) is 29.9. The molecule has 4 aromatic rings. The summed E-state index contributed by atoms with van der Waals surface area (Å²) in [5.74, 6) is -1.07. The van der Waals surface area contributed by atoms with Crippen LogP contribution in [0.1, 0.15) is 28.4 Å². The zero-order valence-corrected chi connectivity index (χ0v) is 24.6. The number of aryl methyl sites for hydroxylation is 1. The smallest absolute Gasteiger partial charge is 0.272 e. The highest BCUT2D eigenvalue weighted by atomic mass is 35.5. The fourth-order valence-electron chi connectivity index (χ4n) is 3.67. The summed E-state index contributed by atoms with van der Waals surface area (Å²) in [7, 11) is 0. The van der Waals surface area contributed by atoms with E-state index in [1.54, 1.807) is 67.6 Å². The van der Waals surface area contributed by atoms with Gasteiger partial charge in [0.2, 0.25) is 5.91 Å². The summed E-state index contributed by atoms with van der Waals surface area (Å²) < 4.78 is 0. The van der Waals surface area contributed by atoms with E-state index in [1.165, 1.54) is 11.8 Å². The van der Waals surface area contributed by atoms with Gasteiger partial charge in [0.1, 0.15) is 5.70 Å². The minimum absolute atomic E-state index is 0.104. The van der Waals surface area contributed by atoms with Crippen LogP contribution in [-0.4, -0.2) is 23.0 Å². The molecular weight excluding hydrogens is 577 g/mol. The first-order valence-corrected chi connectivity index (χ1v) is 14.3. The maximum Gasteiger partial charge on any atom is 0.272 e. The molecule has 1 atom stereocenters. The minimum atomic E-state index is -0.470. The summed E-state index contributed by atoms with van der Waals surface area (Å²) in [6.45, 7) is 3.76. The second-order valence-electron chi connectivity index (χ2n) is 9.14. The Kier molecular flexibility index (Phi) is 10.2. The number of nitrogens with one attached hydrogen (secondary N) is 3. The van der Waals surface area contributed by atoms with Crippen LogP contribution in [0.25, 0.3) is 6.08 Å². The lowest BCUT2D eigenvalue weighted by molar-refractivity contribution is -0.115. The topological polar surface area (TPSA) is 87.3 Å². The van der Waals surface area contributed by atoms with Crippen molar-refractivity contribution in [1.82, 2.24) is 5.32 Å². The quantitative estimate of drug-likeness (QED) is 0.134. The fourth-order valence-corrected chi connectivity index (χ4v) is 4.99. The second kappa shape index (κ2) is 14.0. The molecule has 0 spiro atoms. The molecule has 1 unspecified atom stereocenters. The number of hydrogen-bond acceptors (Lipinski definition) is 4. The number of halogens is 2. The molecule has 4 aromatic carbocycles. The molecule has 0 aliphatic rings. The summed E-state index contributed by atoms with van der Waals surface area (Å²) in [6, 6.07) is 28.3. The van der Waals surface area contributed by atoms with Crippen molar-refractivity contribution in [3.63, 3.8) is 0 Å². The van der Waals surface area contributed by atoms with Gasteiger partial charge in [-0.1, -0.05) is 71.2 Å². The number of hydrogen-bond donors (Lipinski definition) is 3. The van der Waals surface area contributed by atoms with Crippen LogP contribution in [0.3, 0.4) is 0 Å². The number of rotatable bonds is 9. The summed E-state index contributed by atoms with van der Waals surface area (Å²) >= 11 is 13.4. The Morgan fingerprint density at radius 3 is 2.17 bits per heavy atom. The van der Waals surface area contributed by atoms with Gasteiger partial charge in [-0.2, -0.15) is 0 Å². The van der Waals surface area contributed by atoms with Gasteiger partial charge in [0.15, 0.2) is 0 Å². The number of thioether (sulfide) groups is 1. The zero-order valence-electron chi connectivity index (χ0n) is 22.3. The maximum atomic E-state index is 13.3. The Morgan fingerprint density at radius 2 is 1.51 bits per heavy atom. The van der Waals surface area contributed by atoms with Crippen molar-refractivity contribution < 1.29 is 14.4 Å². The lowest BCUT2D eigenvalue weighted by Gasteiger charge is -2.14. The standard InChI is InChI=1S/C32H27Cl2N3O3S/c1-20-8-10-22(11-9-20)18-29(37-31(39)23-6-4-3-5-7-23)32(40)35-25-13-15-26(16-14-25)41-21(2)30(38)36-28-17-12-24(33)19-27(28)34/h3-19,21H,1-2H3,(H,35,40)(H,36,38)(H,37,39)/b29-18-. The lowest BCUT2D eigenvalue weighted by atomic mass is 10.1. The number of anilines is 2. The van der Waals surface area contributed by atoms with E-state index in [2.05, 4.69) is 16.0 Å². The van der Waals surface area contributed by atoms with Gasteiger partial charge >= 0.3 is 0 Å². The van der Waals surface area contributed by atoms with Crippen molar-refractivity contribution in [1.29, 1.82) is 0 Å². The van der Waals surface area contributed by atoms with Crippen LogP contribution in [0.15, 0.2) is 108 Å². The summed E-state index contributed by atoms with van der Waals surface area (Å²) in [5.41, 5.74) is 3.42. The van der Waals surface area contributed by atoms with Gasteiger partial charge in [0.05, 0.1) is 16.0 Å². The van der Waals surface area contributed by atoms with E-state index >= 15 is 0 Å². The highest BCUT2D eigenvalue weighted by Crippen LogP contribution is 2.29. The van der Waals surface area contributed by atoms with Crippen LogP contribution in [0.5, 0.6) is 0 Å². The number of amides is 3. The molecule has 0 aliphatic heterocycles. The predicted molar refractivity (Wildman–Crippen MR) is 169 cm³/mol. The van der Waals surface area contributed by atoms with Crippen molar-refractivity contribution in [3.8, 4) is 0 Å². The molecular formula is C32H27Cl2N3O3S. The van der Waals surface area contributed by atoms with Crippen LogP contribution in [0.2, 0.25) is 10.0 Å². The molecule has 3 amide bonds. The first-order chi connectivity index (χ1) is 19.7. The summed E-state index contributed by atoms with van der Waals surface area (Å²) in [5, 5.41) is 8.82. The molecule has 41 heavy (non-hydrogen) atoms. The monoisotopic (exact) mass is 603 g/mol. The molecule has 0 heterocycles. The van der Waals surface area contributed by atoms with E-state index in [9.17, 15) is 14.4 Å². The fraction of sp³-hybridized carbons (Fsp3) is 0.0938. The third kappa shape index (κ3) is 8.72. The first-order valence-electron chi connectivity index (χ1n) is 12.7. The second-order valence-corrected chi connectivity index (χ2v) is 11.4. The van der Waals surface area contributed by atoms with Gasteiger partial charge in [-0.25, -0.2) is 0 Å². The van der Waals surface area contributed by atoms with E-state index < -0.39 is 17.1 Å². The Balaban J connectivity index is 1.42. The molecule has 4 rings (SSSR count). The SMILES string of the molecule is Cc1ccc(/C=C(\NC(=O)c2ccccc2)C(=O)Nc2ccc(SC(C)C(=O)Nc3ccc(Cl)cc3Cl)cc2)cc1. The lowest BCUT2D eigenvalue weighted by Crippen LogP contribution is -2.30. The van der Waals surface area contributed by atoms with Crippen LogP contribution in [0.4, 0.5) is 11.4 Å². The van der Waals surface area contributed by atoms with Gasteiger partial charge in [-0.05, 0) is 80.1 Å². The van der Waals surface area contributed by atoms with Gasteiger partial charge < -0.3 is 16.0 Å². The third-order valence-electron chi connectivity index (χ3n) is 5.90. The Hall–Kier alpha value is -4.04. The molecule has 208 valence electrons. The molecule has 0 aliphatic carbocycles. The molecule has 0 saturated carbocycles. The molecule has 0 bridgehead atoms. The van der Waals surface area contributed by atoms with Crippen LogP contribution in [-0.2, 0) is 9.59 Å². The number of benzene rings is 4. The van der Waals surface area contributed by atoms with Crippen LogP contribution < -0.4 is 16.0 Å². The molecule has 0 fully saturated rings. The zero-order chi connectivity index (χ0) is 29.4. The Labute approximate surface area is 253 Å². The maximum absolute atomic E-state index is 13.3. The van der Waals surface area contributed by atoms with Crippen LogP contribution in [0, 0.1) is 6.92 Å². The Morgan fingerprint density at radius 1 is 0.829 bits per heavy atom. The molecule has 6 nitrogen and oxygen atoms in total. The summed E-state index contributed by atoms with van der Waals surface area (Å²) in [4.78, 5) is 39.6. The van der Waals surface area contributed by atoms with E-state index in [1.807, 2.05) is 49.4 Å². The normalized spacial score (nSPS) is 11.9. The molecule has 3 N–H and O–H groups in total. The average molecular weight is 605 g/mol. The largest absolute Gasteiger partial charge is 0.324 e. The van der Waals surface area contributed by atoms with E-state index in [0.717, 1.165) is 16.0 Å². The van der Waals surface area contributed by atoms with Crippen molar-refractivity contribution in [2.24, 2.45) is 0 Å². The average Bonchev–Trinajstić information content (AvgIpc) is 2.96. The van der Waals surface area contributed by atoms with Crippen molar-refractivity contribution >= 4 is 70.1 Å². The molecule has 0 saturated heterocycles. The molecule has 9 heteroatoms. The van der Waals surface area contributed by atoms with Gasteiger partial charge in [0.25, 0.3) is 11.8 Å². The highest BCUT2D eigenvalue weighted by molar-refractivity contribution is 8.00. The van der Waals surface area contributed by atoms with Crippen molar-refractivity contribution in [3.05, 3.63) is 129 Å². The van der Waals surface area contributed by atoms with E-state index in [4.69, 9.17) is 23.2 Å². The van der Waals surface area contributed by atoms with E-state index in [0.29, 0.717) is 27.0 Å². The van der Waals surface area contributed by atoms with Gasteiger partial charge in [-0.15, -0.1) is 11.8 Å². The van der Waals surface area contributed by atoms with Crippen molar-refractivity contribution in [2.45, 2.75) is 24.0 Å². The third-order valence-corrected chi connectivity index (χ3v) is 7.56. The van der Waals surface area contributed by atoms with Gasteiger partial charge in [0, 0.05) is 21.2 Å². The molecule has 0 aromatic heterocycles.